The monoisotopic (exact) mass is 326 g/mol. The number of nitrogens with zero attached hydrogens (tertiary/aromatic N) is 1. The third-order valence-electron chi connectivity index (χ3n) is 4.33. The number of barbiturate groups is 1. The van der Waals surface area contributed by atoms with Gasteiger partial charge in [0.1, 0.15) is 6.73 Å². The number of carbonyl (C=O) groups excluding carboxylic acids is 3. The maximum Gasteiger partial charge on any atom is 0.332 e. The Balaban J connectivity index is 2.22. The van der Waals surface area contributed by atoms with Crippen LogP contribution < -0.4 is 5.32 Å². The lowest BCUT2D eigenvalue weighted by Gasteiger charge is -2.41. The van der Waals surface area contributed by atoms with Crippen LogP contribution in [0.5, 0.6) is 0 Å². The van der Waals surface area contributed by atoms with Crippen molar-refractivity contribution in [2.75, 3.05) is 13.8 Å². The molecule has 3 rings (SSSR count). The standard InChI is InChI=1S/C18H18N2O4/c1-24-12-20-16(22)18(15(21)19-17(20)23,13-8-4-2-5-9-13)14-10-6-3-7-11-14/h2-6,8-10H,7,11-12H2,1H3,(H,19,21,23). The van der Waals surface area contributed by atoms with E-state index in [-0.39, 0.29) is 6.73 Å². The molecule has 1 aromatic carbocycles. The number of amides is 4. The number of carbonyl (C=O) groups is 3. The second-order valence-corrected chi connectivity index (χ2v) is 5.68. The zero-order chi connectivity index (χ0) is 17.2. The maximum absolute atomic E-state index is 13.3. The van der Waals surface area contributed by atoms with E-state index in [0.29, 0.717) is 17.6 Å². The fraction of sp³-hybridized carbons (Fsp3) is 0.278. The highest BCUT2D eigenvalue weighted by Crippen LogP contribution is 2.40. The summed E-state index contributed by atoms with van der Waals surface area (Å²) >= 11 is 0. The summed E-state index contributed by atoms with van der Waals surface area (Å²) in [6.45, 7) is -0.213. The Kier molecular flexibility index (Phi) is 4.31. The summed E-state index contributed by atoms with van der Waals surface area (Å²) in [6, 6.07) is 8.07. The van der Waals surface area contributed by atoms with E-state index in [1.807, 2.05) is 18.2 Å². The SMILES string of the molecule is COCN1C(=O)NC(=O)C(C2=CC=CCC2)(c2ccccc2)C1=O. The van der Waals surface area contributed by atoms with E-state index in [0.717, 1.165) is 11.3 Å². The maximum atomic E-state index is 13.3. The molecule has 24 heavy (non-hydrogen) atoms. The van der Waals surface area contributed by atoms with E-state index in [2.05, 4.69) is 5.32 Å². The minimum atomic E-state index is -1.54. The first-order chi connectivity index (χ1) is 11.6. The van der Waals surface area contributed by atoms with Crippen molar-refractivity contribution >= 4 is 17.8 Å². The van der Waals surface area contributed by atoms with Crippen molar-refractivity contribution in [3.8, 4) is 0 Å². The number of rotatable bonds is 4. The van der Waals surface area contributed by atoms with Gasteiger partial charge in [0, 0.05) is 7.11 Å². The number of nitrogens with one attached hydrogen (secondary N) is 1. The zero-order valence-corrected chi connectivity index (χ0v) is 13.3. The molecule has 1 aromatic rings. The van der Waals surface area contributed by atoms with Crippen LogP contribution >= 0.6 is 0 Å². The number of methoxy groups -OCH3 is 1. The molecule has 6 nitrogen and oxygen atoms in total. The smallest absolute Gasteiger partial charge is 0.332 e. The van der Waals surface area contributed by atoms with E-state index in [4.69, 9.17) is 4.74 Å². The van der Waals surface area contributed by atoms with Gasteiger partial charge in [0.25, 0.3) is 11.8 Å². The second kappa shape index (κ2) is 6.41. The molecule has 0 radical (unpaired) electrons. The van der Waals surface area contributed by atoms with Gasteiger partial charge in [-0.3, -0.25) is 14.9 Å². The highest BCUT2D eigenvalue weighted by molar-refractivity contribution is 6.25. The van der Waals surface area contributed by atoms with Crippen LogP contribution in [0.3, 0.4) is 0 Å². The van der Waals surface area contributed by atoms with Crippen LogP contribution in [-0.4, -0.2) is 36.6 Å². The highest BCUT2D eigenvalue weighted by atomic mass is 16.5. The average molecular weight is 326 g/mol. The lowest BCUT2D eigenvalue weighted by molar-refractivity contribution is -0.146. The van der Waals surface area contributed by atoms with Gasteiger partial charge < -0.3 is 4.74 Å². The quantitative estimate of drug-likeness (QED) is 0.857. The van der Waals surface area contributed by atoms with Gasteiger partial charge in [-0.2, -0.15) is 0 Å². The van der Waals surface area contributed by atoms with Crippen LogP contribution in [0.2, 0.25) is 0 Å². The summed E-state index contributed by atoms with van der Waals surface area (Å²) in [5, 5.41) is 2.31. The summed E-state index contributed by atoms with van der Waals surface area (Å²) in [5.74, 6) is -1.19. The molecule has 1 atom stereocenters. The molecule has 1 aliphatic heterocycles. The second-order valence-electron chi connectivity index (χ2n) is 5.68. The Morgan fingerprint density at radius 3 is 2.58 bits per heavy atom. The highest BCUT2D eigenvalue weighted by Gasteiger charge is 2.57. The third kappa shape index (κ3) is 2.35. The summed E-state index contributed by atoms with van der Waals surface area (Å²) < 4.78 is 4.97. The van der Waals surface area contributed by atoms with Gasteiger partial charge in [0.15, 0.2) is 5.41 Å². The van der Waals surface area contributed by atoms with E-state index in [1.54, 1.807) is 30.3 Å². The van der Waals surface area contributed by atoms with E-state index in [1.165, 1.54) is 7.11 Å². The molecule has 1 N–H and O–H groups in total. The minimum absolute atomic E-state index is 0.213. The minimum Gasteiger partial charge on any atom is -0.364 e. The number of urea groups is 1. The van der Waals surface area contributed by atoms with Crippen molar-refractivity contribution in [3.05, 3.63) is 59.7 Å². The van der Waals surface area contributed by atoms with Crippen molar-refractivity contribution in [1.29, 1.82) is 0 Å². The fourth-order valence-corrected chi connectivity index (χ4v) is 3.22. The Morgan fingerprint density at radius 1 is 1.21 bits per heavy atom. The van der Waals surface area contributed by atoms with Crippen molar-refractivity contribution in [1.82, 2.24) is 10.2 Å². The van der Waals surface area contributed by atoms with Crippen LogP contribution in [0.1, 0.15) is 18.4 Å². The molecular formula is C18H18N2O4. The molecule has 1 heterocycles. The number of ether oxygens (including phenoxy) is 1. The van der Waals surface area contributed by atoms with Crippen LogP contribution in [-0.2, 0) is 19.7 Å². The van der Waals surface area contributed by atoms with Gasteiger partial charge in [-0.25, -0.2) is 9.69 Å². The van der Waals surface area contributed by atoms with Crippen molar-refractivity contribution in [2.45, 2.75) is 18.3 Å². The number of hydrogen-bond acceptors (Lipinski definition) is 4. The van der Waals surface area contributed by atoms with Gasteiger partial charge in [-0.05, 0) is 24.0 Å². The molecule has 2 aliphatic rings. The van der Waals surface area contributed by atoms with Crippen LogP contribution in [0, 0.1) is 0 Å². The molecule has 0 bridgehead atoms. The molecule has 6 heteroatoms. The Morgan fingerprint density at radius 2 is 1.96 bits per heavy atom. The van der Waals surface area contributed by atoms with Crippen molar-refractivity contribution in [2.24, 2.45) is 0 Å². The summed E-state index contributed by atoms with van der Waals surface area (Å²) in [6.07, 6.45) is 6.90. The molecule has 124 valence electrons. The largest absolute Gasteiger partial charge is 0.364 e. The molecule has 1 unspecified atom stereocenters. The van der Waals surface area contributed by atoms with Crippen LogP contribution in [0.25, 0.3) is 0 Å². The van der Waals surface area contributed by atoms with Gasteiger partial charge in [0.2, 0.25) is 0 Å². The number of hydrogen-bond donors (Lipinski definition) is 1. The Labute approximate surface area is 139 Å². The first-order valence-electron chi connectivity index (χ1n) is 7.70. The first kappa shape index (κ1) is 16.1. The van der Waals surface area contributed by atoms with E-state index >= 15 is 0 Å². The van der Waals surface area contributed by atoms with Gasteiger partial charge in [-0.15, -0.1) is 0 Å². The molecule has 1 saturated heterocycles. The number of allylic oxidation sites excluding steroid dienone is 3. The molecule has 0 saturated carbocycles. The van der Waals surface area contributed by atoms with Crippen molar-refractivity contribution in [3.63, 3.8) is 0 Å². The topological polar surface area (TPSA) is 75.7 Å². The van der Waals surface area contributed by atoms with Gasteiger partial charge in [0.05, 0.1) is 0 Å². The normalized spacial score (nSPS) is 24.0. The molecular weight excluding hydrogens is 308 g/mol. The zero-order valence-electron chi connectivity index (χ0n) is 13.3. The van der Waals surface area contributed by atoms with Crippen LogP contribution in [0.15, 0.2) is 54.1 Å². The molecule has 0 aromatic heterocycles. The van der Waals surface area contributed by atoms with Gasteiger partial charge >= 0.3 is 6.03 Å². The summed E-state index contributed by atoms with van der Waals surface area (Å²) in [4.78, 5) is 39.2. The lowest BCUT2D eigenvalue weighted by Crippen LogP contribution is -2.67. The third-order valence-corrected chi connectivity index (χ3v) is 4.33. The van der Waals surface area contributed by atoms with E-state index < -0.39 is 23.3 Å². The first-order valence-corrected chi connectivity index (χ1v) is 7.70. The van der Waals surface area contributed by atoms with E-state index in [9.17, 15) is 14.4 Å². The number of benzene rings is 1. The predicted molar refractivity (Wildman–Crippen MR) is 86.8 cm³/mol. The predicted octanol–water partition coefficient (Wildman–Crippen LogP) is 1.88. The van der Waals surface area contributed by atoms with Crippen molar-refractivity contribution < 1.29 is 19.1 Å². The Hall–Kier alpha value is -2.73. The van der Waals surface area contributed by atoms with Gasteiger partial charge in [-0.1, -0.05) is 48.6 Å². The lowest BCUT2D eigenvalue weighted by atomic mass is 9.69. The summed E-state index contributed by atoms with van der Waals surface area (Å²) in [5.41, 5.74) is -0.326. The number of imide groups is 2. The Bertz CT molecular complexity index is 739. The fourth-order valence-electron chi connectivity index (χ4n) is 3.22. The van der Waals surface area contributed by atoms with Crippen LogP contribution in [0.4, 0.5) is 4.79 Å². The average Bonchev–Trinajstić information content (AvgIpc) is 2.61. The molecule has 0 spiro atoms. The summed E-state index contributed by atoms with van der Waals surface area (Å²) in [7, 11) is 1.39. The molecule has 1 aliphatic carbocycles. The molecule has 1 fully saturated rings. The molecule has 4 amide bonds.